The van der Waals surface area contributed by atoms with E-state index in [4.69, 9.17) is 16.2 Å². The van der Waals surface area contributed by atoms with Crippen LogP contribution in [0.3, 0.4) is 0 Å². The Kier molecular flexibility index (Phi) is 3.55. The first-order valence-corrected chi connectivity index (χ1v) is 4.65. The van der Waals surface area contributed by atoms with Gasteiger partial charge >= 0.3 is 6.09 Å². The standard InChI is InChI=1S/C8H16N4O2/c9-7(10)12-3-1-2-6(5-12)4-11-8(13)14/h6,11H,1-5H2,(H3,9,10)(H,13,14)/t6-/m0/s1. The fraction of sp³-hybridized carbons (Fsp3) is 0.750. The molecule has 6 nitrogen and oxygen atoms in total. The lowest BCUT2D eigenvalue weighted by Crippen LogP contribution is -2.46. The fourth-order valence-corrected chi connectivity index (χ4v) is 1.68. The van der Waals surface area contributed by atoms with Crippen LogP contribution >= 0.6 is 0 Å². The first-order chi connectivity index (χ1) is 6.59. The van der Waals surface area contributed by atoms with Gasteiger partial charge in [0.15, 0.2) is 5.96 Å². The molecule has 0 aromatic heterocycles. The van der Waals surface area contributed by atoms with E-state index in [1.807, 2.05) is 0 Å². The number of amides is 1. The third-order valence-electron chi connectivity index (χ3n) is 2.40. The normalized spacial score (nSPS) is 21.7. The van der Waals surface area contributed by atoms with Gasteiger partial charge in [-0.25, -0.2) is 4.79 Å². The first kappa shape index (κ1) is 10.6. The minimum atomic E-state index is -0.995. The number of nitrogens with one attached hydrogen (secondary N) is 2. The van der Waals surface area contributed by atoms with Crippen LogP contribution in [0.5, 0.6) is 0 Å². The summed E-state index contributed by atoms with van der Waals surface area (Å²) < 4.78 is 0. The van der Waals surface area contributed by atoms with Crippen LogP contribution in [0.25, 0.3) is 0 Å². The average Bonchev–Trinajstić information content (AvgIpc) is 2.15. The fourth-order valence-electron chi connectivity index (χ4n) is 1.68. The van der Waals surface area contributed by atoms with Crippen LogP contribution in [0.2, 0.25) is 0 Å². The van der Waals surface area contributed by atoms with Crippen molar-refractivity contribution in [3.05, 3.63) is 0 Å². The number of piperidine rings is 1. The summed E-state index contributed by atoms with van der Waals surface area (Å²) in [6.45, 7) is 1.92. The number of hydrogen-bond donors (Lipinski definition) is 4. The third-order valence-corrected chi connectivity index (χ3v) is 2.40. The van der Waals surface area contributed by atoms with Crippen molar-refractivity contribution >= 4 is 12.1 Å². The average molecular weight is 200 g/mol. The lowest BCUT2D eigenvalue weighted by molar-refractivity contribution is 0.186. The zero-order valence-corrected chi connectivity index (χ0v) is 7.99. The molecule has 0 radical (unpaired) electrons. The second-order valence-corrected chi connectivity index (χ2v) is 3.53. The SMILES string of the molecule is N=C(N)N1CCC[C@@H](CNC(=O)O)C1. The topological polar surface area (TPSA) is 102 Å². The van der Waals surface area contributed by atoms with E-state index in [-0.39, 0.29) is 11.9 Å². The van der Waals surface area contributed by atoms with E-state index in [2.05, 4.69) is 5.32 Å². The van der Waals surface area contributed by atoms with Gasteiger partial charge in [0.25, 0.3) is 0 Å². The van der Waals surface area contributed by atoms with Gasteiger partial charge in [-0.05, 0) is 18.8 Å². The van der Waals surface area contributed by atoms with Gasteiger partial charge in [-0.3, -0.25) is 5.41 Å². The van der Waals surface area contributed by atoms with Crippen LogP contribution < -0.4 is 11.1 Å². The zero-order chi connectivity index (χ0) is 10.6. The quantitative estimate of drug-likeness (QED) is 0.368. The van der Waals surface area contributed by atoms with Crippen molar-refractivity contribution in [1.82, 2.24) is 10.2 Å². The number of hydrogen-bond acceptors (Lipinski definition) is 2. The smallest absolute Gasteiger partial charge is 0.404 e. The summed E-state index contributed by atoms with van der Waals surface area (Å²) in [7, 11) is 0. The highest BCUT2D eigenvalue weighted by molar-refractivity contribution is 5.74. The number of rotatable bonds is 2. The van der Waals surface area contributed by atoms with Crippen molar-refractivity contribution in [2.45, 2.75) is 12.8 Å². The summed E-state index contributed by atoms with van der Waals surface area (Å²) in [5.74, 6) is 0.341. The second kappa shape index (κ2) is 4.69. The molecule has 14 heavy (non-hydrogen) atoms. The molecule has 6 heteroatoms. The van der Waals surface area contributed by atoms with Gasteiger partial charge in [0, 0.05) is 19.6 Å². The predicted molar refractivity (Wildman–Crippen MR) is 52.2 cm³/mol. The van der Waals surface area contributed by atoms with Crippen LogP contribution in [0.4, 0.5) is 4.79 Å². The third kappa shape index (κ3) is 3.12. The van der Waals surface area contributed by atoms with Crippen LogP contribution in [0.15, 0.2) is 0 Å². The van der Waals surface area contributed by atoms with E-state index >= 15 is 0 Å². The summed E-state index contributed by atoms with van der Waals surface area (Å²) in [5.41, 5.74) is 5.36. The Morgan fingerprint density at radius 1 is 1.71 bits per heavy atom. The van der Waals surface area contributed by atoms with Gasteiger partial charge in [0.05, 0.1) is 0 Å². The molecule has 1 aliphatic heterocycles. The van der Waals surface area contributed by atoms with Crippen LogP contribution in [0.1, 0.15) is 12.8 Å². The summed E-state index contributed by atoms with van der Waals surface area (Å²) in [6.07, 6.45) is 0.959. The Morgan fingerprint density at radius 2 is 2.43 bits per heavy atom. The van der Waals surface area contributed by atoms with Gasteiger partial charge < -0.3 is 21.1 Å². The van der Waals surface area contributed by atoms with E-state index in [0.29, 0.717) is 13.1 Å². The summed E-state index contributed by atoms with van der Waals surface area (Å²) in [6, 6.07) is 0. The molecule has 80 valence electrons. The van der Waals surface area contributed by atoms with E-state index in [1.54, 1.807) is 4.90 Å². The molecule has 1 heterocycles. The Hall–Kier alpha value is -1.46. The number of likely N-dealkylation sites (tertiary alicyclic amines) is 1. The number of nitrogens with zero attached hydrogens (tertiary/aromatic N) is 1. The minimum Gasteiger partial charge on any atom is -0.465 e. The van der Waals surface area contributed by atoms with E-state index < -0.39 is 6.09 Å². The lowest BCUT2D eigenvalue weighted by atomic mass is 9.98. The van der Waals surface area contributed by atoms with Crippen LogP contribution in [0, 0.1) is 11.3 Å². The number of guanidine groups is 1. The van der Waals surface area contributed by atoms with Crippen molar-refractivity contribution < 1.29 is 9.90 Å². The van der Waals surface area contributed by atoms with Gasteiger partial charge in [0.1, 0.15) is 0 Å². The maximum Gasteiger partial charge on any atom is 0.404 e. The van der Waals surface area contributed by atoms with Gasteiger partial charge in [-0.2, -0.15) is 0 Å². The summed E-state index contributed by atoms with van der Waals surface area (Å²) in [4.78, 5) is 12.0. The molecule has 0 aromatic carbocycles. The highest BCUT2D eigenvalue weighted by Crippen LogP contribution is 2.14. The molecule has 0 unspecified atom stereocenters. The summed E-state index contributed by atoms with van der Waals surface area (Å²) >= 11 is 0. The molecule has 1 saturated heterocycles. The molecule has 1 aliphatic rings. The van der Waals surface area contributed by atoms with E-state index in [9.17, 15) is 4.79 Å². The van der Waals surface area contributed by atoms with Crippen molar-refractivity contribution in [1.29, 1.82) is 5.41 Å². The van der Waals surface area contributed by atoms with Crippen molar-refractivity contribution in [3.8, 4) is 0 Å². The van der Waals surface area contributed by atoms with E-state index in [1.165, 1.54) is 0 Å². The molecular weight excluding hydrogens is 184 g/mol. The molecule has 1 fully saturated rings. The first-order valence-electron chi connectivity index (χ1n) is 4.65. The molecule has 0 saturated carbocycles. The number of carboxylic acid groups (broad SMARTS) is 1. The Labute approximate surface area is 82.6 Å². The highest BCUT2D eigenvalue weighted by Gasteiger charge is 2.20. The molecule has 0 bridgehead atoms. The molecule has 1 rings (SSSR count). The number of nitrogens with two attached hydrogens (primary N) is 1. The molecule has 1 amide bonds. The molecular formula is C8H16N4O2. The van der Waals surface area contributed by atoms with Crippen molar-refractivity contribution in [2.24, 2.45) is 11.7 Å². The highest BCUT2D eigenvalue weighted by atomic mass is 16.4. The summed E-state index contributed by atoms with van der Waals surface area (Å²) in [5, 5.41) is 18.0. The van der Waals surface area contributed by atoms with Gasteiger partial charge in [-0.1, -0.05) is 0 Å². The Balaban J connectivity index is 2.32. The predicted octanol–water partition coefficient (Wildman–Crippen LogP) is -0.141. The van der Waals surface area contributed by atoms with Crippen LogP contribution in [-0.4, -0.2) is 41.7 Å². The largest absolute Gasteiger partial charge is 0.465 e. The molecule has 0 spiro atoms. The maximum absolute atomic E-state index is 10.3. The molecule has 1 atom stereocenters. The monoisotopic (exact) mass is 200 g/mol. The van der Waals surface area contributed by atoms with Crippen molar-refractivity contribution in [3.63, 3.8) is 0 Å². The molecule has 5 N–H and O–H groups in total. The van der Waals surface area contributed by atoms with Crippen molar-refractivity contribution in [2.75, 3.05) is 19.6 Å². The Morgan fingerprint density at radius 3 is 3.00 bits per heavy atom. The van der Waals surface area contributed by atoms with Gasteiger partial charge in [0.2, 0.25) is 0 Å². The maximum atomic E-state index is 10.3. The van der Waals surface area contributed by atoms with Crippen LogP contribution in [-0.2, 0) is 0 Å². The molecule has 0 aromatic rings. The second-order valence-electron chi connectivity index (χ2n) is 3.53. The Bertz CT molecular complexity index is 231. The van der Waals surface area contributed by atoms with Gasteiger partial charge in [-0.15, -0.1) is 0 Å². The lowest BCUT2D eigenvalue weighted by Gasteiger charge is -2.32. The number of carbonyl (C=O) groups is 1. The molecule has 0 aliphatic carbocycles. The minimum absolute atomic E-state index is 0.0741. The van der Waals surface area contributed by atoms with E-state index in [0.717, 1.165) is 19.4 Å². The zero-order valence-electron chi connectivity index (χ0n) is 7.99.